The lowest BCUT2D eigenvalue weighted by Crippen LogP contribution is -2.37. The van der Waals surface area contributed by atoms with Crippen LogP contribution in [0.25, 0.3) is 11.3 Å². The lowest BCUT2D eigenvalue weighted by molar-refractivity contribution is 0.0718. The molecule has 27 heavy (non-hydrogen) atoms. The van der Waals surface area contributed by atoms with Crippen LogP contribution >= 0.6 is 11.5 Å². The number of rotatable bonds is 4. The van der Waals surface area contributed by atoms with Gasteiger partial charge in [0.15, 0.2) is 0 Å². The molecule has 138 valence electrons. The summed E-state index contributed by atoms with van der Waals surface area (Å²) in [6.45, 7) is 2.07. The first-order valence-electron chi connectivity index (χ1n) is 9.22. The van der Waals surface area contributed by atoms with Gasteiger partial charge in [-0.15, -0.1) is 5.10 Å². The smallest absolute Gasteiger partial charge is 0.267 e. The number of likely N-dealkylation sites (tertiary alicyclic amines) is 1. The number of hydrogen-bond acceptors (Lipinski definition) is 5. The topological polar surface area (TPSA) is 72.1 Å². The first-order chi connectivity index (χ1) is 13.3. The monoisotopic (exact) mass is 378 g/mol. The molecule has 1 aromatic heterocycles. The summed E-state index contributed by atoms with van der Waals surface area (Å²) in [5.74, 6) is 0.520. The Labute approximate surface area is 163 Å². The van der Waals surface area contributed by atoms with E-state index < -0.39 is 0 Å². The van der Waals surface area contributed by atoms with Gasteiger partial charge in [0.2, 0.25) is 0 Å². The Bertz CT molecular complexity index is 917. The second-order valence-corrected chi connectivity index (χ2v) is 7.59. The van der Waals surface area contributed by atoms with Gasteiger partial charge in [-0.2, -0.15) is 0 Å². The van der Waals surface area contributed by atoms with Gasteiger partial charge in [0, 0.05) is 25.2 Å². The molecular formula is C21H22N4OS. The second-order valence-electron chi connectivity index (χ2n) is 6.83. The van der Waals surface area contributed by atoms with Gasteiger partial charge in [-0.3, -0.25) is 4.79 Å². The Hall–Kier alpha value is -2.57. The highest BCUT2D eigenvalue weighted by atomic mass is 32.1. The molecule has 3 aromatic rings. The number of carbonyl (C=O) groups excluding carboxylic acids is 1. The molecule has 6 heteroatoms. The standard InChI is InChI=1S/C21H22N4OS/c22-14-15-5-4-8-18(13-15)16-9-11-25(12-10-16)21(26)20-19(23-24-27-20)17-6-2-1-3-7-17/h1-8,13,16H,9-12,14,22H2. The lowest BCUT2D eigenvalue weighted by atomic mass is 9.88. The van der Waals surface area contributed by atoms with Crippen LogP contribution in [0.4, 0.5) is 0 Å². The molecule has 0 radical (unpaired) electrons. The third kappa shape index (κ3) is 3.77. The molecule has 0 atom stereocenters. The van der Waals surface area contributed by atoms with Gasteiger partial charge in [-0.1, -0.05) is 59.1 Å². The summed E-state index contributed by atoms with van der Waals surface area (Å²) in [6.07, 6.45) is 1.93. The van der Waals surface area contributed by atoms with E-state index in [4.69, 9.17) is 5.73 Å². The predicted molar refractivity (Wildman–Crippen MR) is 108 cm³/mol. The maximum atomic E-state index is 13.0. The summed E-state index contributed by atoms with van der Waals surface area (Å²) in [6, 6.07) is 18.3. The molecule has 2 heterocycles. The van der Waals surface area contributed by atoms with E-state index in [-0.39, 0.29) is 5.91 Å². The molecule has 0 unspecified atom stereocenters. The number of benzene rings is 2. The van der Waals surface area contributed by atoms with Crippen LogP contribution in [0.15, 0.2) is 54.6 Å². The van der Waals surface area contributed by atoms with Crippen LogP contribution in [0, 0.1) is 0 Å². The van der Waals surface area contributed by atoms with E-state index in [0.717, 1.165) is 37.1 Å². The van der Waals surface area contributed by atoms with Crippen molar-refractivity contribution < 1.29 is 4.79 Å². The number of amides is 1. The van der Waals surface area contributed by atoms with Crippen LogP contribution in [0.2, 0.25) is 0 Å². The maximum absolute atomic E-state index is 13.0. The van der Waals surface area contributed by atoms with Gasteiger partial charge in [0.05, 0.1) is 0 Å². The lowest BCUT2D eigenvalue weighted by Gasteiger charge is -2.32. The highest BCUT2D eigenvalue weighted by Gasteiger charge is 2.28. The van der Waals surface area contributed by atoms with Crippen LogP contribution in [-0.2, 0) is 6.54 Å². The minimum absolute atomic E-state index is 0.0398. The molecule has 0 bridgehead atoms. The molecule has 1 saturated heterocycles. The van der Waals surface area contributed by atoms with Crippen LogP contribution in [-0.4, -0.2) is 33.5 Å². The fraction of sp³-hybridized carbons (Fsp3) is 0.286. The zero-order valence-corrected chi connectivity index (χ0v) is 15.9. The van der Waals surface area contributed by atoms with Crippen molar-refractivity contribution in [2.45, 2.75) is 25.3 Å². The van der Waals surface area contributed by atoms with E-state index in [1.54, 1.807) is 0 Å². The molecule has 1 fully saturated rings. The van der Waals surface area contributed by atoms with E-state index in [0.29, 0.717) is 23.0 Å². The SMILES string of the molecule is NCc1cccc(C2CCN(C(=O)c3snnc3-c3ccccc3)CC2)c1. The van der Waals surface area contributed by atoms with Crippen molar-refractivity contribution in [1.82, 2.24) is 14.5 Å². The third-order valence-corrected chi connectivity index (χ3v) is 5.88. The van der Waals surface area contributed by atoms with Crippen molar-refractivity contribution >= 4 is 17.4 Å². The third-order valence-electron chi connectivity index (χ3n) is 5.17. The molecule has 2 N–H and O–H groups in total. The van der Waals surface area contributed by atoms with Gasteiger partial charge in [-0.05, 0) is 41.4 Å². The van der Waals surface area contributed by atoms with Crippen molar-refractivity contribution in [3.63, 3.8) is 0 Å². The van der Waals surface area contributed by atoms with Gasteiger partial charge >= 0.3 is 0 Å². The normalized spacial score (nSPS) is 15.1. The summed E-state index contributed by atoms with van der Waals surface area (Å²) in [5, 5.41) is 4.19. The van der Waals surface area contributed by atoms with Gasteiger partial charge in [-0.25, -0.2) is 0 Å². The zero-order valence-electron chi connectivity index (χ0n) is 15.0. The summed E-state index contributed by atoms with van der Waals surface area (Å²) in [4.78, 5) is 15.6. The van der Waals surface area contributed by atoms with Crippen LogP contribution in [0.1, 0.15) is 39.6 Å². The van der Waals surface area contributed by atoms with Crippen molar-refractivity contribution in [2.24, 2.45) is 5.73 Å². The highest BCUT2D eigenvalue weighted by Crippen LogP contribution is 2.31. The Kier molecular flexibility index (Phi) is 5.27. The number of carbonyl (C=O) groups is 1. The Morgan fingerprint density at radius 2 is 1.89 bits per heavy atom. The average Bonchev–Trinajstić information content (AvgIpc) is 3.24. The minimum atomic E-state index is 0.0398. The summed E-state index contributed by atoms with van der Waals surface area (Å²) in [7, 11) is 0. The van der Waals surface area contributed by atoms with E-state index in [1.165, 1.54) is 17.1 Å². The minimum Gasteiger partial charge on any atom is -0.338 e. The van der Waals surface area contributed by atoms with E-state index in [2.05, 4.69) is 33.9 Å². The molecule has 0 spiro atoms. The molecule has 0 saturated carbocycles. The van der Waals surface area contributed by atoms with Crippen LogP contribution < -0.4 is 5.73 Å². The summed E-state index contributed by atoms with van der Waals surface area (Å²) < 4.78 is 4.03. The largest absolute Gasteiger partial charge is 0.338 e. The Balaban J connectivity index is 1.46. The number of nitrogens with two attached hydrogens (primary N) is 1. The Morgan fingerprint density at radius 1 is 1.11 bits per heavy atom. The number of aromatic nitrogens is 2. The average molecular weight is 379 g/mol. The highest BCUT2D eigenvalue weighted by molar-refractivity contribution is 7.08. The molecule has 0 aliphatic carbocycles. The number of nitrogens with zero attached hydrogens (tertiary/aromatic N) is 3. The first-order valence-corrected chi connectivity index (χ1v) is 9.99. The number of hydrogen-bond donors (Lipinski definition) is 1. The van der Waals surface area contributed by atoms with Gasteiger partial charge < -0.3 is 10.6 Å². The van der Waals surface area contributed by atoms with Crippen molar-refractivity contribution in [3.8, 4) is 11.3 Å². The Morgan fingerprint density at radius 3 is 2.63 bits per heavy atom. The van der Waals surface area contributed by atoms with Crippen molar-refractivity contribution in [2.75, 3.05) is 13.1 Å². The molecule has 1 aliphatic rings. The van der Waals surface area contributed by atoms with E-state index in [1.807, 2.05) is 35.2 Å². The van der Waals surface area contributed by atoms with E-state index >= 15 is 0 Å². The predicted octanol–water partition coefficient (Wildman–Crippen LogP) is 3.68. The maximum Gasteiger partial charge on any atom is 0.267 e. The second kappa shape index (κ2) is 7.98. The van der Waals surface area contributed by atoms with Gasteiger partial charge in [0.25, 0.3) is 5.91 Å². The summed E-state index contributed by atoms with van der Waals surface area (Å²) in [5.41, 5.74) is 9.87. The quantitative estimate of drug-likeness (QED) is 0.752. The van der Waals surface area contributed by atoms with Gasteiger partial charge in [0.1, 0.15) is 10.6 Å². The van der Waals surface area contributed by atoms with E-state index in [9.17, 15) is 4.79 Å². The van der Waals surface area contributed by atoms with Crippen LogP contribution in [0.5, 0.6) is 0 Å². The summed E-state index contributed by atoms with van der Waals surface area (Å²) >= 11 is 1.18. The molecule has 4 rings (SSSR count). The fourth-order valence-corrected chi connectivity index (χ4v) is 4.31. The molecule has 5 nitrogen and oxygen atoms in total. The zero-order chi connectivity index (χ0) is 18.6. The molecule has 1 aliphatic heterocycles. The molecule has 2 aromatic carbocycles. The number of piperidine rings is 1. The first kappa shape index (κ1) is 17.8. The molecular weight excluding hydrogens is 356 g/mol. The van der Waals surface area contributed by atoms with Crippen molar-refractivity contribution in [3.05, 3.63) is 70.6 Å². The van der Waals surface area contributed by atoms with Crippen LogP contribution in [0.3, 0.4) is 0 Å². The molecule has 1 amide bonds. The van der Waals surface area contributed by atoms with Crippen molar-refractivity contribution in [1.29, 1.82) is 0 Å². The fourth-order valence-electron chi connectivity index (χ4n) is 3.65.